The highest BCUT2D eigenvalue weighted by Crippen LogP contribution is 2.07. The first-order chi connectivity index (χ1) is 7.24. The first kappa shape index (κ1) is 12.1. The summed E-state index contributed by atoms with van der Waals surface area (Å²) >= 11 is 3.25. The molecule has 0 saturated carbocycles. The van der Waals surface area contributed by atoms with Crippen molar-refractivity contribution in [2.24, 2.45) is 0 Å². The molecule has 0 aliphatic rings. The Kier molecular flexibility index (Phi) is 5.28. The van der Waals surface area contributed by atoms with Crippen molar-refractivity contribution in [3.8, 4) is 0 Å². The van der Waals surface area contributed by atoms with E-state index in [0.717, 1.165) is 10.9 Å². The third-order valence-corrected chi connectivity index (χ3v) is 2.30. The van der Waals surface area contributed by atoms with Gasteiger partial charge >= 0.3 is 0 Å². The molecule has 0 unspecified atom stereocenters. The molecule has 0 spiro atoms. The Bertz CT molecular complexity index is 314. The summed E-state index contributed by atoms with van der Waals surface area (Å²) in [4.78, 5) is 15.4. The molecule has 4 nitrogen and oxygen atoms in total. The topological polar surface area (TPSA) is 62.2 Å². The van der Waals surface area contributed by atoms with Gasteiger partial charge in [0.1, 0.15) is 5.69 Å². The highest BCUT2D eigenvalue weighted by molar-refractivity contribution is 9.10. The summed E-state index contributed by atoms with van der Waals surface area (Å²) in [6.45, 7) is 0.726. The smallest absolute Gasteiger partial charge is 0.269 e. The van der Waals surface area contributed by atoms with Crippen LogP contribution < -0.4 is 5.32 Å². The fraction of sp³-hybridized carbons (Fsp3) is 0.400. The molecule has 0 bridgehead atoms. The predicted molar refractivity (Wildman–Crippen MR) is 60.6 cm³/mol. The van der Waals surface area contributed by atoms with Crippen molar-refractivity contribution < 1.29 is 9.90 Å². The molecular weight excluding hydrogens is 260 g/mol. The van der Waals surface area contributed by atoms with Crippen molar-refractivity contribution in [1.29, 1.82) is 0 Å². The lowest BCUT2D eigenvalue weighted by molar-refractivity contribution is 0.0947. The minimum atomic E-state index is -0.180. The van der Waals surface area contributed by atoms with Gasteiger partial charge < -0.3 is 10.4 Å². The summed E-state index contributed by atoms with van der Waals surface area (Å²) in [5, 5.41) is 11.3. The largest absolute Gasteiger partial charge is 0.396 e. The quantitative estimate of drug-likeness (QED) is 0.796. The lowest BCUT2D eigenvalue weighted by atomic mass is 10.3. The maximum atomic E-state index is 11.5. The SMILES string of the molecule is O=C(NCCCCO)c1ccc(Br)cn1. The Labute approximate surface area is 96.8 Å². The summed E-state index contributed by atoms with van der Waals surface area (Å²) < 4.78 is 0.847. The van der Waals surface area contributed by atoms with Gasteiger partial charge in [0.2, 0.25) is 0 Å². The number of nitrogens with zero attached hydrogens (tertiary/aromatic N) is 1. The third kappa shape index (κ3) is 4.40. The van der Waals surface area contributed by atoms with E-state index in [1.807, 2.05) is 0 Å². The zero-order valence-electron chi connectivity index (χ0n) is 8.24. The Morgan fingerprint density at radius 3 is 2.87 bits per heavy atom. The second-order valence-corrected chi connectivity index (χ2v) is 3.96. The van der Waals surface area contributed by atoms with Gasteiger partial charge in [-0.15, -0.1) is 0 Å². The van der Waals surface area contributed by atoms with Gasteiger partial charge in [0.15, 0.2) is 0 Å². The number of carbonyl (C=O) groups excluding carboxylic acids is 1. The van der Waals surface area contributed by atoms with Gasteiger partial charge in [0.05, 0.1) is 0 Å². The minimum Gasteiger partial charge on any atom is -0.396 e. The molecule has 5 heteroatoms. The van der Waals surface area contributed by atoms with Crippen LogP contribution in [0.5, 0.6) is 0 Å². The van der Waals surface area contributed by atoms with E-state index in [-0.39, 0.29) is 12.5 Å². The lowest BCUT2D eigenvalue weighted by Crippen LogP contribution is -2.25. The van der Waals surface area contributed by atoms with Gasteiger partial charge in [0, 0.05) is 23.8 Å². The molecule has 15 heavy (non-hydrogen) atoms. The van der Waals surface area contributed by atoms with Gasteiger partial charge in [-0.25, -0.2) is 4.98 Å². The van der Waals surface area contributed by atoms with E-state index in [4.69, 9.17) is 5.11 Å². The molecule has 1 aromatic rings. The number of amides is 1. The van der Waals surface area contributed by atoms with Crippen LogP contribution in [0.25, 0.3) is 0 Å². The Hall–Kier alpha value is -0.940. The Morgan fingerprint density at radius 2 is 2.27 bits per heavy atom. The number of aromatic nitrogens is 1. The van der Waals surface area contributed by atoms with E-state index >= 15 is 0 Å². The zero-order chi connectivity index (χ0) is 11.1. The maximum Gasteiger partial charge on any atom is 0.269 e. The zero-order valence-corrected chi connectivity index (χ0v) is 9.83. The summed E-state index contributed by atoms with van der Waals surface area (Å²) in [6, 6.07) is 3.43. The average molecular weight is 273 g/mol. The summed E-state index contributed by atoms with van der Waals surface area (Å²) in [6.07, 6.45) is 3.06. The van der Waals surface area contributed by atoms with Gasteiger partial charge in [-0.1, -0.05) is 0 Å². The van der Waals surface area contributed by atoms with Crippen molar-refractivity contribution in [2.45, 2.75) is 12.8 Å². The first-order valence-corrected chi connectivity index (χ1v) is 5.54. The molecular formula is C10H13BrN2O2. The number of hydrogen-bond acceptors (Lipinski definition) is 3. The van der Waals surface area contributed by atoms with Crippen LogP contribution in [0.4, 0.5) is 0 Å². The Balaban J connectivity index is 2.37. The van der Waals surface area contributed by atoms with Crippen LogP contribution in [-0.4, -0.2) is 29.1 Å². The molecule has 82 valence electrons. The number of aliphatic hydroxyl groups is 1. The highest BCUT2D eigenvalue weighted by Gasteiger charge is 2.04. The lowest BCUT2D eigenvalue weighted by Gasteiger charge is -2.03. The van der Waals surface area contributed by atoms with E-state index in [0.29, 0.717) is 18.7 Å². The van der Waals surface area contributed by atoms with Crippen molar-refractivity contribution in [3.05, 3.63) is 28.5 Å². The van der Waals surface area contributed by atoms with Crippen LogP contribution in [0.3, 0.4) is 0 Å². The highest BCUT2D eigenvalue weighted by atomic mass is 79.9. The molecule has 1 amide bonds. The number of halogens is 1. The molecule has 0 aliphatic carbocycles. The van der Waals surface area contributed by atoms with Crippen LogP contribution in [0.1, 0.15) is 23.3 Å². The number of rotatable bonds is 5. The van der Waals surface area contributed by atoms with Crippen LogP contribution in [0, 0.1) is 0 Å². The third-order valence-electron chi connectivity index (χ3n) is 1.83. The minimum absolute atomic E-state index is 0.159. The maximum absolute atomic E-state index is 11.5. The standard InChI is InChI=1S/C10H13BrN2O2/c11-8-3-4-9(13-7-8)10(15)12-5-1-2-6-14/h3-4,7,14H,1-2,5-6H2,(H,12,15). The van der Waals surface area contributed by atoms with Crippen molar-refractivity contribution in [1.82, 2.24) is 10.3 Å². The number of pyridine rings is 1. The van der Waals surface area contributed by atoms with E-state index in [1.165, 1.54) is 0 Å². The molecule has 0 aromatic carbocycles. The van der Waals surface area contributed by atoms with E-state index in [1.54, 1.807) is 18.3 Å². The number of unbranched alkanes of at least 4 members (excludes halogenated alkanes) is 1. The fourth-order valence-corrected chi connectivity index (χ4v) is 1.27. The van der Waals surface area contributed by atoms with E-state index < -0.39 is 0 Å². The number of aliphatic hydroxyl groups excluding tert-OH is 1. The molecule has 1 rings (SSSR count). The van der Waals surface area contributed by atoms with Gasteiger partial charge in [0.25, 0.3) is 5.91 Å². The monoisotopic (exact) mass is 272 g/mol. The molecule has 1 heterocycles. The average Bonchev–Trinajstić information content (AvgIpc) is 2.25. The number of nitrogens with one attached hydrogen (secondary N) is 1. The number of hydrogen-bond donors (Lipinski definition) is 2. The van der Waals surface area contributed by atoms with Crippen LogP contribution in [-0.2, 0) is 0 Å². The van der Waals surface area contributed by atoms with Crippen LogP contribution in [0.15, 0.2) is 22.8 Å². The normalized spacial score (nSPS) is 10.0. The van der Waals surface area contributed by atoms with E-state index in [9.17, 15) is 4.79 Å². The molecule has 2 N–H and O–H groups in total. The van der Waals surface area contributed by atoms with Gasteiger partial charge in [-0.2, -0.15) is 0 Å². The summed E-state index contributed by atoms with van der Waals surface area (Å²) in [5.41, 5.74) is 0.405. The summed E-state index contributed by atoms with van der Waals surface area (Å²) in [5.74, 6) is -0.180. The molecule has 0 atom stereocenters. The molecule has 0 fully saturated rings. The number of carbonyl (C=O) groups is 1. The molecule has 1 aromatic heterocycles. The van der Waals surface area contributed by atoms with Gasteiger partial charge in [-0.05, 0) is 40.9 Å². The van der Waals surface area contributed by atoms with E-state index in [2.05, 4.69) is 26.2 Å². The Morgan fingerprint density at radius 1 is 1.47 bits per heavy atom. The fourth-order valence-electron chi connectivity index (χ4n) is 1.04. The van der Waals surface area contributed by atoms with Crippen molar-refractivity contribution in [3.63, 3.8) is 0 Å². The second kappa shape index (κ2) is 6.53. The molecule has 0 radical (unpaired) electrons. The second-order valence-electron chi connectivity index (χ2n) is 3.05. The molecule has 0 aliphatic heterocycles. The van der Waals surface area contributed by atoms with Crippen molar-refractivity contribution >= 4 is 21.8 Å². The first-order valence-electron chi connectivity index (χ1n) is 4.74. The van der Waals surface area contributed by atoms with Crippen LogP contribution >= 0.6 is 15.9 Å². The predicted octanol–water partition coefficient (Wildman–Crippen LogP) is 1.35. The van der Waals surface area contributed by atoms with Crippen LogP contribution in [0.2, 0.25) is 0 Å². The van der Waals surface area contributed by atoms with Crippen molar-refractivity contribution in [2.75, 3.05) is 13.2 Å². The molecule has 0 saturated heterocycles. The summed E-state index contributed by atoms with van der Waals surface area (Å²) in [7, 11) is 0. The van der Waals surface area contributed by atoms with Gasteiger partial charge in [-0.3, -0.25) is 4.79 Å².